The van der Waals surface area contributed by atoms with Crippen LogP contribution in [0.2, 0.25) is 0 Å². The topological polar surface area (TPSA) is 93.9 Å². The third kappa shape index (κ3) is 3.31. The number of hydrogen-bond donors (Lipinski definition) is 1. The van der Waals surface area contributed by atoms with Gasteiger partial charge in [0.25, 0.3) is 0 Å². The van der Waals surface area contributed by atoms with Crippen molar-refractivity contribution < 1.29 is 14.1 Å². The molecule has 0 fully saturated rings. The molecule has 7 nitrogen and oxygen atoms in total. The van der Waals surface area contributed by atoms with Gasteiger partial charge in [0.05, 0.1) is 4.92 Å². The van der Waals surface area contributed by atoms with Gasteiger partial charge < -0.3 is 4.74 Å². The van der Waals surface area contributed by atoms with Crippen LogP contribution in [0, 0.1) is 15.9 Å². The second-order valence-electron chi connectivity index (χ2n) is 4.63. The van der Waals surface area contributed by atoms with Gasteiger partial charge in [-0.15, -0.1) is 0 Å². The Bertz CT molecular complexity index is 833. The first-order valence-electron chi connectivity index (χ1n) is 6.67. The Morgan fingerprint density at radius 3 is 2.65 bits per heavy atom. The van der Waals surface area contributed by atoms with Gasteiger partial charge in [0.2, 0.25) is 0 Å². The number of rotatable bonds is 5. The van der Waals surface area contributed by atoms with Gasteiger partial charge in [-0.2, -0.15) is 5.10 Å². The van der Waals surface area contributed by atoms with Gasteiger partial charge in [-0.05, 0) is 30.3 Å². The minimum absolute atomic E-state index is 0.000944. The number of para-hydroxylation sites is 2. The first-order chi connectivity index (χ1) is 11.1. The average Bonchev–Trinajstić information content (AvgIpc) is 3.03. The molecule has 0 saturated carbocycles. The Hall–Kier alpha value is -3.29. The van der Waals surface area contributed by atoms with Crippen LogP contribution in [0.3, 0.4) is 0 Å². The van der Waals surface area contributed by atoms with E-state index in [4.69, 9.17) is 4.74 Å². The second-order valence-corrected chi connectivity index (χ2v) is 4.63. The minimum atomic E-state index is -0.514. The molecule has 0 unspecified atom stereocenters. The lowest BCUT2D eigenvalue weighted by atomic mass is 10.2. The van der Waals surface area contributed by atoms with Crippen LogP contribution in [0.15, 0.2) is 48.5 Å². The fourth-order valence-corrected chi connectivity index (χ4v) is 1.96. The molecular weight excluding hydrogens is 303 g/mol. The van der Waals surface area contributed by atoms with Crippen LogP contribution in [-0.2, 0) is 6.61 Å². The molecule has 0 aliphatic heterocycles. The van der Waals surface area contributed by atoms with Crippen LogP contribution < -0.4 is 4.74 Å². The summed E-state index contributed by atoms with van der Waals surface area (Å²) < 4.78 is 18.3. The van der Waals surface area contributed by atoms with Crippen LogP contribution in [0.5, 0.6) is 5.75 Å². The van der Waals surface area contributed by atoms with Crippen molar-refractivity contribution >= 4 is 5.69 Å². The summed E-state index contributed by atoms with van der Waals surface area (Å²) in [5.74, 6) is 0.607. The minimum Gasteiger partial charge on any atom is -0.479 e. The van der Waals surface area contributed by atoms with E-state index in [9.17, 15) is 14.5 Å². The average molecular weight is 314 g/mol. The van der Waals surface area contributed by atoms with Crippen molar-refractivity contribution in [1.82, 2.24) is 15.2 Å². The Labute approximate surface area is 129 Å². The number of H-pyrrole nitrogens is 1. The van der Waals surface area contributed by atoms with Crippen LogP contribution in [0.1, 0.15) is 5.82 Å². The van der Waals surface area contributed by atoms with Crippen molar-refractivity contribution in [2.45, 2.75) is 6.61 Å². The number of nitrogens with zero attached hydrogens (tertiary/aromatic N) is 3. The van der Waals surface area contributed by atoms with Crippen molar-refractivity contribution in [2.24, 2.45) is 0 Å². The van der Waals surface area contributed by atoms with Gasteiger partial charge >= 0.3 is 5.69 Å². The van der Waals surface area contributed by atoms with Crippen molar-refractivity contribution in [1.29, 1.82) is 0 Å². The summed E-state index contributed by atoms with van der Waals surface area (Å²) in [7, 11) is 0. The van der Waals surface area contributed by atoms with Crippen LogP contribution in [-0.4, -0.2) is 20.1 Å². The van der Waals surface area contributed by atoms with E-state index in [1.165, 1.54) is 24.3 Å². The fraction of sp³-hybridized carbons (Fsp3) is 0.0667. The van der Waals surface area contributed by atoms with E-state index in [1.807, 2.05) is 0 Å². The Balaban J connectivity index is 1.73. The van der Waals surface area contributed by atoms with Crippen LogP contribution in [0.4, 0.5) is 10.1 Å². The molecule has 0 radical (unpaired) electrons. The highest BCUT2D eigenvalue weighted by atomic mass is 19.1. The molecular formula is C15H11FN4O3. The van der Waals surface area contributed by atoms with Crippen molar-refractivity contribution in [3.05, 3.63) is 70.3 Å². The number of nitrogens with one attached hydrogen (secondary N) is 1. The Kier molecular flexibility index (Phi) is 3.96. The zero-order chi connectivity index (χ0) is 16.2. The molecule has 0 aliphatic rings. The highest BCUT2D eigenvalue weighted by molar-refractivity contribution is 5.54. The smallest absolute Gasteiger partial charge is 0.310 e. The molecule has 0 bridgehead atoms. The quantitative estimate of drug-likeness (QED) is 0.577. The molecule has 0 spiro atoms. The molecule has 1 aromatic heterocycles. The molecule has 0 amide bonds. The van der Waals surface area contributed by atoms with Crippen molar-refractivity contribution in [3.8, 4) is 17.1 Å². The lowest BCUT2D eigenvalue weighted by Crippen LogP contribution is -2.00. The summed E-state index contributed by atoms with van der Waals surface area (Å²) in [6.45, 7) is -0.000944. The maximum Gasteiger partial charge on any atom is 0.310 e. The number of hydrogen-bond acceptors (Lipinski definition) is 5. The largest absolute Gasteiger partial charge is 0.479 e. The number of benzene rings is 2. The van der Waals surface area contributed by atoms with E-state index in [0.29, 0.717) is 17.2 Å². The first-order valence-corrected chi connectivity index (χ1v) is 6.67. The molecule has 1 heterocycles. The van der Waals surface area contributed by atoms with Gasteiger partial charge in [0.15, 0.2) is 17.4 Å². The third-order valence-corrected chi connectivity index (χ3v) is 3.06. The van der Waals surface area contributed by atoms with Crippen molar-refractivity contribution in [3.63, 3.8) is 0 Å². The molecule has 116 valence electrons. The maximum absolute atomic E-state index is 12.9. The number of aromatic amines is 1. The zero-order valence-corrected chi connectivity index (χ0v) is 11.8. The standard InChI is InChI=1S/C15H11FN4O3/c16-11-7-5-10(6-8-11)15-17-14(18-19-15)9-23-13-4-2-1-3-12(13)20(21)22/h1-8H,9H2,(H,17,18,19). The SMILES string of the molecule is O=[N+]([O-])c1ccccc1OCc1nc(-c2ccc(F)cc2)n[nH]1. The summed E-state index contributed by atoms with van der Waals surface area (Å²) in [4.78, 5) is 14.6. The van der Waals surface area contributed by atoms with E-state index in [-0.39, 0.29) is 23.9 Å². The third-order valence-electron chi connectivity index (χ3n) is 3.06. The molecule has 0 saturated heterocycles. The van der Waals surface area contributed by atoms with E-state index < -0.39 is 4.92 Å². The summed E-state index contributed by atoms with van der Waals surface area (Å²) in [6, 6.07) is 11.8. The zero-order valence-electron chi connectivity index (χ0n) is 11.8. The fourth-order valence-electron chi connectivity index (χ4n) is 1.96. The number of nitro benzene ring substituents is 1. The van der Waals surface area contributed by atoms with Gasteiger partial charge in [-0.1, -0.05) is 12.1 Å². The maximum atomic E-state index is 12.9. The predicted octanol–water partition coefficient (Wildman–Crippen LogP) is 3.10. The summed E-state index contributed by atoms with van der Waals surface area (Å²) >= 11 is 0. The summed E-state index contributed by atoms with van der Waals surface area (Å²) in [5.41, 5.74) is 0.533. The lowest BCUT2D eigenvalue weighted by Gasteiger charge is -2.03. The molecule has 23 heavy (non-hydrogen) atoms. The Morgan fingerprint density at radius 2 is 1.91 bits per heavy atom. The molecule has 2 aromatic carbocycles. The van der Waals surface area contributed by atoms with Crippen LogP contribution in [0.25, 0.3) is 11.4 Å². The van der Waals surface area contributed by atoms with Crippen LogP contribution >= 0.6 is 0 Å². The summed E-state index contributed by atoms with van der Waals surface area (Å²) in [5, 5.41) is 17.6. The monoisotopic (exact) mass is 314 g/mol. The normalized spacial score (nSPS) is 10.5. The number of halogens is 1. The molecule has 3 rings (SSSR count). The molecule has 1 N–H and O–H groups in total. The number of nitro groups is 1. The molecule has 3 aromatic rings. The lowest BCUT2D eigenvalue weighted by molar-refractivity contribution is -0.385. The molecule has 0 aliphatic carbocycles. The van der Waals surface area contributed by atoms with Crippen molar-refractivity contribution in [2.75, 3.05) is 0 Å². The van der Waals surface area contributed by atoms with E-state index in [2.05, 4.69) is 15.2 Å². The summed E-state index contributed by atoms with van der Waals surface area (Å²) in [6.07, 6.45) is 0. The second kappa shape index (κ2) is 6.22. The van der Waals surface area contributed by atoms with Gasteiger partial charge in [-0.3, -0.25) is 15.2 Å². The highest BCUT2D eigenvalue weighted by Gasteiger charge is 2.14. The number of ether oxygens (including phenoxy) is 1. The van der Waals surface area contributed by atoms with E-state index in [0.717, 1.165) is 0 Å². The van der Waals surface area contributed by atoms with E-state index >= 15 is 0 Å². The molecule has 0 atom stereocenters. The van der Waals surface area contributed by atoms with Gasteiger partial charge in [0, 0.05) is 11.6 Å². The van der Waals surface area contributed by atoms with Gasteiger partial charge in [0.1, 0.15) is 12.4 Å². The predicted molar refractivity (Wildman–Crippen MR) is 79.2 cm³/mol. The number of aromatic nitrogens is 3. The molecule has 8 heteroatoms. The highest BCUT2D eigenvalue weighted by Crippen LogP contribution is 2.26. The Morgan fingerprint density at radius 1 is 1.17 bits per heavy atom. The van der Waals surface area contributed by atoms with E-state index in [1.54, 1.807) is 24.3 Å². The first kappa shape index (κ1) is 14.6. The van der Waals surface area contributed by atoms with Gasteiger partial charge in [-0.25, -0.2) is 9.37 Å².